The standard InChI is InChI=1S/C29H33F2N7.C16H16F2N4.C12H17ClN4/c1-17(2)38-18(3)35-29-25(30)5-20(6-27(29)38)24-7-23(32-11-26(24)31)8-28-33-9-19(10-34-28)12-37-15-21-13-36(4)14-22(21)16-37;1-8(2)22-9(3)21-16-12(17)4-10(5-14(16)22)11-6-15(19)20-7-13(11)18;1-16-5-10-7-17(8-11(10)6-16)4-9-2-14-12(13)15-3-9/h5-7,9-11,17,21-22H,8,12-16H2,1-4H3;4-8H,1-3H3,(H2,19,20);2-3,10-11H,4-8H2,1H3. The van der Waals surface area contributed by atoms with Crippen LogP contribution in [0.25, 0.3) is 44.3 Å². The molecule has 2 N–H and O–H groups in total. The number of likely N-dealkylation sites (tertiary alicyclic amines) is 4. The fourth-order valence-corrected chi connectivity index (χ4v) is 12.3. The van der Waals surface area contributed by atoms with Crippen molar-refractivity contribution >= 4 is 39.5 Å². The lowest BCUT2D eigenvalue weighted by Crippen LogP contribution is -2.26. The van der Waals surface area contributed by atoms with Gasteiger partial charge in [0.2, 0.25) is 5.28 Å². The van der Waals surface area contributed by atoms with Crippen molar-refractivity contribution in [2.24, 2.45) is 23.7 Å². The summed E-state index contributed by atoms with van der Waals surface area (Å²) in [7, 11) is 4.42. The van der Waals surface area contributed by atoms with E-state index in [9.17, 15) is 17.6 Å². The van der Waals surface area contributed by atoms with Crippen molar-refractivity contribution in [1.82, 2.24) is 68.6 Å². The van der Waals surface area contributed by atoms with Crippen molar-refractivity contribution < 1.29 is 17.6 Å². The molecule has 4 saturated heterocycles. The van der Waals surface area contributed by atoms with E-state index in [0.717, 1.165) is 78.8 Å². The SMILES string of the molecule is CN1CC2CN(Cc3cnc(Cl)nc3)CC2C1.Cc1nc2c(F)cc(-c3cc(Cc4ncc(CN5CC6CN(C)CC6C5)cn4)ncc3F)cc2n1C(C)C.Cc1nc2c(F)cc(-c3cc(N)ncc3F)cc2n1C(C)C. The molecular weight excluding hydrogens is 1010 g/mol. The highest BCUT2D eigenvalue weighted by Gasteiger charge is 2.39. The van der Waals surface area contributed by atoms with Gasteiger partial charge in [0.1, 0.15) is 46.0 Å². The topological polar surface area (TPSA) is 152 Å². The zero-order valence-electron chi connectivity index (χ0n) is 44.9. The first kappa shape index (κ1) is 53.9. The Balaban J connectivity index is 0.000000145. The number of aromatic nitrogens is 10. The number of nitrogens with zero attached hydrogens (tertiary/aromatic N) is 14. The molecule has 0 aliphatic carbocycles. The first-order valence-electron chi connectivity index (χ1n) is 26.3. The molecule has 0 radical (unpaired) electrons. The van der Waals surface area contributed by atoms with Crippen LogP contribution in [0.4, 0.5) is 23.4 Å². The van der Waals surface area contributed by atoms with E-state index in [0.29, 0.717) is 56.5 Å². The van der Waals surface area contributed by atoms with Gasteiger partial charge in [-0.1, -0.05) is 0 Å². The minimum absolute atomic E-state index is 0.0967. The number of nitrogen functional groups attached to an aromatic ring is 1. The van der Waals surface area contributed by atoms with Crippen LogP contribution in [0.15, 0.2) is 73.6 Å². The average Bonchev–Trinajstić information content (AvgIpc) is 4.25. The summed E-state index contributed by atoms with van der Waals surface area (Å²) < 4.78 is 62.1. The molecule has 15 nitrogen and oxygen atoms in total. The van der Waals surface area contributed by atoms with E-state index < -0.39 is 23.3 Å². The van der Waals surface area contributed by atoms with Crippen LogP contribution in [-0.4, -0.2) is 135 Å². The van der Waals surface area contributed by atoms with Crippen molar-refractivity contribution in [2.75, 3.05) is 72.2 Å². The number of aryl methyl sites for hydroxylation is 2. The molecule has 4 unspecified atom stereocenters. The molecule has 77 heavy (non-hydrogen) atoms. The Morgan fingerprint density at radius 2 is 0.948 bits per heavy atom. The Labute approximate surface area is 451 Å². The fraction of sp³-hybridized carbons (Fsp3) is 0.439. The van der Waals surface area contributed by atoms with Crippen LogP contribution in [0.2, 0.25) is 5.28 Å². The maximum absolute atomic E-state index is 15.0. The fourth-order valence-electron chi connectivity index (χ4n) is 12.2. The van der Waals surface area contributed by atoms with Gasteiger partial charge in [-0.2, -0.15) is 0 Å². The normalized spacial score (nSPS) is 19.8. The summed E-state index contributed by atoms with van der Waals surface area (Å²) in [6, 6.07) is 9.43. The van der Waals surface area contributed by atoms with E-state index in [1.807, 2.05) is 75.5 Å². The monoisotopic (exact) mass is 1070 g/mol. The van der Waals surface area contributed by atoms with E-state index in [1.165, 1.54) is 63.7 Å². The molecule has 20 heteroatoms. The highest BCUT2D eigenvalue weighted by atomic mass is 35.5. The minimum Gasteiger partial charge on any atom is -0.384 e. The van der Waals surface area contributed by atoms with Crippen LogP contribution in [0.1, 0.15) is 74.1 Å². The molecule has 0 spiro atoms. The van der Waals surface area contributed by atoms with Crippen molar-refractivity contribution in [3.05, 3.63) is 136 Å². The number of hydrogen-bond donors (Lipinski definition) is 1. The van der Waals surface area contributed by atoms with E-state index in [1.54, 1.807) is 18.2 Å². The molecule has 0 bridgehead atoms. The van der Waals surface area contributed by atoms with E-state index in [2.05, 4.69) is 73.6 Å². The quantitative estimate of drug-likeness (QED) is 0.102. The van der Waals surface area contributed by atoms with Gasteiger partial charge < -0.3 is 24.7 Å². The highest BCUT2D eigenvalue weighted by molar-refractivity contribution is 6.28. The first-order chi connectivity index (χ1) is 36.8. The number of nitrogens with two attached hydrogens (primary N) is 1. The summed E-state index contributed by atoms with van der Waals surface area (Å²) in [5.41, 5.74) is 11.7. The van der Waals surface area contributed by atoms with Crippen LogP contribution in [-0.2, 0) is 19.5 Å². The second kappa shape index (κ2) is 22.5. The van der Waals surface area contributed by atoms with Gasteiger partial charge in [-0.3, -0.25) is 14.8 Å². The second-order valence-electron chi connectivity index (χ2n) is 22.1. The van der Waals surface area contributed by atoms with Crippen LogP contribution in [0.3, 0.4) is 0 Å². The third-order valence-corrected chi connectivity index (χ3v) is 15.6. The van der Waals surface area contributed by atoms with E-state index in [-0.39, 0.29) is 29.0 Å². The third-order valence-electron chi connectivity index (χ3n) is 15.4. The molecule has 4 aliphatic heterocycles. The molecule has 0 amide bonds. The van der Waals surface area contributed by atoms with Gasteiger partial charge in [0.25, 0.3) is 0 Å². The first-order valence-corrected chi connectivity index (χ1v) is 26.7. The molecule has 6 aromatic heterocycles. The highest BCUT2D eigenvalue weighted by Crippen LogP contribution is 2.35. The Morgan fingerprint density at radius 3 is 1.39 bits per heavy atom. The molecule has 0 saturated carbocycles. The van der Waals surface area contributed by atoms with Gasteiger partial charge in [0.15, 0.2) is 11.6 Å². The summed E-state index contributed by atoms with van der Waals surface area (Å²) in [6.07, 6.45) is 10.0. The van der Waals surface area contributed by atoms with Gasteiger partial charge in [-0.25, -0.2) is 52.4 Å². The molecule has 404 valence electrons. The number of pyridine rings is 2. The maximum atomic E-state index is 15.0. The average molecular weight is 1070 g/mol. The van der Waals surface area contributed by atoms with Crippen molar-refractivity contribution in [2.45, 2.75) is 73.1 Å². The Hall–Kier alpha value is -6.51. The molecule has 12 rings (SSSR count). The Morgan fingerprint density at radius 1 is 0.532 bits per heavy atom. The summed E-state index contributed by atoms with van der Waals surface area (Å²) in [4.78, 5) is 43.6. The van der Waals surface area contributed by atoms with Crippen LogP contribution >= 0.6 is 11.6 Å². The number of fused-ring (bicyclic) bond motifs is 4. The second-order valence-corrected chi connectivity index (χ2v) is 22.4. The van der Waals surface area contributed by atoms with Gasteiger partial charge in [-0.15, -0.1) is 0 Å². The summed E-state index contributed by atoms with van der Waals surface area (Å²) in [5, 5.41) is 0.327. The zero-order chi connectivity index (χ0) is 54.4. The predicted molar refractivity (Wildman–Crippen MR) is 292 cm³/mol. The molecule has 4 atom stereocenters. The van der Waals surface area contributed by atoms with Crippen LogP contribution in [0, 0.1) is 60.8 Å². The number of rotatable bonds is 10. The molecule has 2 aromatic carbocycles. The van der Waals surface area contributed by atoms with E-state index >= 15 is 0 Å². The molecular formula is C57H66ClF4N15. The Bertz CT molecular complexity index is 3370. The van der Waals surface area contributed by atoms with Crippen molar-refractivity contribution in [1.29, 1.82) is 0 Å². The summed E-state index contributed by atoms with van der Waals surface area (Å²) in [5.74, 6) is 3.50. The summed E-state index contributed by atoms with van der Waals surface area (Å²) in [6.45, 7) is 23.0. The number of hydrogen-bond acceptors (Lipinski definition) is 13. The zero-order valence-corrected chi connectivity index (χ0v) is 45.7. The third kappa shape index (κ3) is 11.8. The molecule has 10 heterocycles. The molecule has 4 fully saturated rings. The number of anilines is 1. The predicted octanol–water partition coefficient (Wildman–Crippen LogP) is 9.61. The van der Waals surface area contributed by atoms with Gasteiger partial charge in [-0.05, 0) is 138 Å². The molecule has 8 aromatic rings. The van der Waals surface area contributed by atoms with Gasteiger partial charge >= 0.3 is 0 Å². The van der Waals surface area contributed by atoms with Gasteiger partial charge in [0, 0.05) is 130 Å². The maximum Gasteiger partial charge on any atom is 0.222 e. The van der Waals surface area contributed by atoms with E-state index in [4.69, 9.17) is 17.3 Å². The van der Waals surface area contributed by atoms with Crippen LogP contribution in [0.5, 0.6) is 0 Å². The van der Waals surface area contributed by atoms with Crippen LogP contribution < -0.4 is 5.73 Å². The largest absolute Gasteiger partial charge is 0.384 e. The lowest BCUT2D eigenvalue weighted by molar-refractivity contribution is 0.271. The van der Waals surface area contributed by atoms with Gasteiger partial charge in [0.05, 0.1) is 29.8 Å². The number of imidazole rings is 2. The summed E-state index contributed by atoms with van der Waals surface area (Å²) >= 11 is 5.68. The lowest BCUT2D eigenvalue weighted by Gasteiger charge is -2.18. The Kier molecular flexibility index (Phi) is 15.7. The smallest absolute Gasteiger partial charge is 0.222 e. The molecule has 4 aliphatic rings. The number of benzene rings is 2. The van der Waals surface area contributed by atoms with Crippen molar-refractivity contribution in [3.8, 4) is 22.3 Å². The van der Waals surface area contributed by atoms with Crippen molar-refractivity contribution in [3.63, 3.8) is 0 Å². The lowest BCUT2D eigenvalue weighted by atomic mass is 10.0. The number of halogens is 5. The minimum atomic E-state index is -0.541.